The molecule has 0 heterocycles. The van der Waals surface area contributed by atoms with Crippen molar-refractivity contribution in [3.05, 3.63) is 35.9 Å². The van der Waals surface area contributed by atoms with Gasteiger partial charge in [-0.2, -0.15) is 0 Å². The largest absolute Gasteiger partial charge is 0.508 e. The van der Waals surface area contributed by atoms with Gasteiger partial charge in [0.1, 0.15) is 11.5 Å². The van der Waals surface area contributed by atoms with Gasteiger partial charge in [0.05, 0.1) is 13.2 Å². The fourth-order valence-corrected chi connectivity index (χ4v) is 1.92. The molecule has 0 aliphatic carbocycles. The number of phenols is 1. The quantitative estimate of drug-likeness (QED) is 0.854. The lowest BCUT2D eigenvalue weighted by Crippen LogP contribution is -2.04. The number of fused-ring (bicyclic) bond motifs is 1. The van der Waals surface area contributed by atoms with Gasteiger partial charge in [-0.15, -0.1) is 0 Å². The topological polar surface area (TPSA) is 49.7 Å². The number of aromatic hydroxyl groups is 1. The Kier molecular flexibility index (Phi) is 3.20. The maximum Gasteiger partial charge on any atom is 0.119 e. The first kappa shape index (κ1) is 11.7. The molecule has 0 aromatic heterocycles. The molecule has 0 radical (unpaired) electrons. The van der Waals surface area contributed by atoms with Crippen LogP contribution in [0.2, 0.25) is 0 Å². The van der Waals surface area contributed by atoms with Gasteiger partial charge in [0.15, 0.2) is 0 Å². The van der Waals surface area contributed by atoms with Crippen LogP contribution >= 0.6 is 0 Å². The van der Waals surface area contributed by atoms with Crippen LogP contribution < -0.4 is 4.74 Å². The van der Waals surface area contributed by atoms with Gasteiger partial charge < -0.3 is 14.9 Å². The fraction of sp³-hybridized carbons (Fsp3) is 0.286. The zero-order chi connectivity index (χ0) is 12.4. The molecular weight excluding hydrogens is 216 g/mol. The first-order chi connectivity index (χ1) is 8.10. The van der Waals surface area contributed by atoms with E-state index >= 15 is 0 Å². The third-order valence-electron chi connectivity index (χ3n) is 2.76. The summed E-state index contributed by atoms with van der Waals surface area (Å²) in [5.74, 6) is 1.01. The molecule has 3 nitrogen and oxygen atoms in total. The zero-order valence-electron chi connectivity index (χ0n) is 9.97. The summed E-state index contributed by atoms with van der Waals surface area (Å²) in [7, 11) is 1.62. The second-order valence-corrected chi connectivity index (χ2v) is 4.25. The summed E-state index contributed by atoms with van der Waals surface area (Å²) >= 11 is 0. The molecule has 3 heteroatoms. The Morgan fingerprint density at radius 1 is 1.18 bits per heavy atom. The molecule has 0 aliphatic rings. The minimum Gasteiger partial charge on any atom is -0.508 e. The van der Waals surface area contributed by atoms with Crippen LogP contribution in [0.5, 0.6) is 11.5 Å². The Morgan fingerprint density at radius 3 is 2.59 bits per heavy atom. The molecule has 1 atom stereocenters. The predicted molar refractivity (Wildman–Crippen MR) is 67.5 cm³/mol. The molecule has 90 valence electrons. The molecule has 2 aromatic carbocycles. The summed E-state index contributed by atoms with van der Waals surface area (Å²) < 4.78 is 5.16. The van der Waals surface area contributed by atoms with Crippen LogP contribution in [0.15, 0.2) is 30.3 Å². The number of benzene rings is 2. The highest BCUT2D eigenvalue weighted by atomic mass is 16.5. The second kappa shape index (κ2) is 4.63. The van der Waals surface area contributed by atoms with Gasteiger partial charge in [0.25, 0.3) is 0 Å². The van der Waals surface area contributed by atoms with Gasteiger partial charge >= 0.3 is 0 Å². The number of phenolic OH excluding ortho intramolecular Hbond substituents is 1. The van der Waals surface area contributed by atoms with E-state index < -0.39 is 6.10 Å². The number of hydrogen-bond donors (Lipinski definition) is 2. The summed E-state index contributed by atoms with van der Waals surface area (Å²) in [5.41, 5.74) is 0.751. The minimum atomic E-state index is -0.469. The summed E-state index contributed by atoms with van der Waals surface area (Å²) in [6, 6.07) is 9.28. The van der Waals surface area contributed by atoms with E-state index in [-0.39, 0.29) is 5.75 Å². The number of aliphatic hydroxyl groups excluding tert-OH is 1. The number of aliphatic hydroxyl groups is 1. The maximum atomic E-state index is 9.84. The molecule has 0 amide bonds. The molecule has 0 spiro atoms. The highest BCUT2D eigenvalue weighted by molar-refractivity contribution is 5.86. The van der Waals surface area contributed by atoms with Crippen LogP contribution in [0.25, 0.3) is 10.8 Å². The monoisotopic (exact) mass is 232 g/mol. The van der Waals surface area contributed by atoms with E-state index in [9.17, 15) is 10.2 Å². The van der Waals surface area contributed by atoms with Crippen molar-refractivity contribution < 1.29 is 14.9 Å². The van der Waals surface area contributed by atoms with Crippen molar-refractivity contribution in [2.45, 2.75) is 19.4 Å². The van der Waals surface area contributed by atoms with Crippen molar-refractivity contribution in [3.63, 3.8) is 0 Å². The van der Waals surface area contributed by atoms with Crippen molar-refractivity contribution >= 4 is 10.8 Å². The first-order valence-electron chi connectivity index (χ1n) is 5.58. The van der Waals surface area contributed by atoms with Crippen molar-refractivity contribution in [3.8, 4) is 11.5 Å². The minimum absolute atomic E-state index is 0.226. The van der Waals surface area contributed by atoms with E-state index in [1.54, 1.807) is 20.1 Å². The number of rotatable bonds is 3. The number of ether oxygens (including phenoxy) is 1. The Hall–Kier alpha value is -1.74. The molecular formula is C14H16O3. The van der Waals surface area contributed by atoms with Gasteiger partial charge in [-0.25, -0.2) is 0 Å². The molecule has 0 saturated carbocycles. The molecule has 0 aliphatic heterocycles. The van der Waals surface area contributed by atoms with Crippen LogP contribution in [0.3, 0.4) is 0 Å². The molecule has 0 saturated heterocycles. The molecule has 2 rings (SSSR count). The van der Waals surface area contributed by atoms with E-state index in [1.165, 1.54) is 0 Å². The average molecular weight is 232 g/mol. The number of methoxy groups -OCH3 is 1. The van der Waals surface area contributed by atoms with E-state index in [0.29, 0.717) is 6.42 Å². The molecule has 0 fully saturated rings. The van der Waals surface area contributed by atoms with Crippen LogP contribution in [0, 0.1) is 0 Å². The van der Waals surface area contributed by atoms with Crippen molar-refractivity contribution in [1.82, 2.24) is 0 Å². The van der Waals surface area contributed by atoms with Crippen LogP contribution in [-0.2, 0) is 6.42 Å². The van der Waals surface area contributed by atoms with Crippen molar-refractivity contribution in [2.75, 3.05) is 7.11 Å². The zero-order valence-corrected chi connectivity index (χ0v) is 9.97. The Balaban J connectivity index is 2.52. The predicted octanol–water partition coefficient (Wildman–Crippen LogP) is 2.48. The van der Waals surface area contributed by atoms with E-state index in [2.05, 4.69) is 0 Å². The van der Waals surface area contributed by atoms with Gasteiger partial charge in [0.2, 0.25) is 0 Å². The van der Waals surface area contributed by atoms with Crippen LogP contribution in [0.4, 0.5) is 0 Å². The van der Waals surface area contributed by atoms with Gasteiger partial charge in [-0.3, -0.25) is 0 Å². The second-order valence-electron chi connectivity index (χ2n) is 4.25. The lowest BCUT2D eigenvalue weighted by atomic mass is 10.0. The Labute approximate surface area is 100 Å². The smallest absolute Gasteiger partial charge is 0.119 e. The summed E-state index contributed by atoms with van der Waals surface area (Å²) in [5, 5.41) is 21.2. The van der Waals surface area contributed by atoms with E-state index in [1.807, 2.05) is 24.3 Å². The Bertz CT molecular complexity index is 532. The first-order valence-corrected chi connectivity index (χ1v) is 5.58. The fourth-order valence-electron chi connectivity index (χ4n) is 1.92. The SMILES string of the molecule is COc1ccc2cc(O)c(CC(C)O)cc2c1. The molecule has 0 bridgehead atoms. The highest BCUT2D eigenvalue weighted by Crippen LogP contribution is 2.28. The number of hydrogen-bond acceptors (Lipinski definition) is 3. The molecule has 17 heavy (non-hydrogen) atoms. The van der Waals surface area contributed by atoms with Gasteiger partial charge in [-0.1, -0.05) is 6.07 Å². The summed E-state index contributed by atoms with van der Waals surface area (Å²) in [6.07, 6.45) is -0.0251. The standard InChI is InChI=1S/C14H16O3/c1-9(15)5-12-6-11-7-13(17-2)4-3-10(11)8-14(12)16/h3-4,6-9,15-16H,5H2,1-2H3. The maximum absolute atomic E-state index is 9.84. The van der Waals surface area contributed by atoms with Crippen molar-refractivity contribution in [1.29, 1.82) is 0 Å². The lowest BCUT2D eigenvalue weighted by Gasteiger charge is -2.09. The average Bonchev–Trinajstić information content (AvgIpc) is 2.29. The van der Waals surface area contributed by atoms with Gasteiger partial charge in [-0.05, 0) is 47.5 Å². The third kappa shape index (κ3) is 2.50. The van der Waals surface area contributed by atoms with Crippen LogP contribution in [0.1, 0.15) is 12.5 Å². The van der Waals surface area contributed by atoms with E-state index in [4.69, 9.17) is 4.74 Å². The summed E-state index contributed by atoms with van der Waals surface area (Å²) in [6.45, 7) is 1.70. The summed E-state index contributed by atoms with van der Waals surface area (Å²) in [4.78, 5) is 0. The van der Waals surface area contributed by atoms with E-state index in [0.717, 1.165) is 22.1 Å². The lowest BCUT2D eigenvalue weighted by molar-refractivity contribution is 0.194. The van der Waals surface area contributed by atoms with Crippen molar-refractivity contribution in [2.24, 2.45) is 0 Å². The molecule has 1 unspecified atom stereocenters. The highest BCUT2D eigenvalue weighted by Gasteiger charge is 2.07. The molecule has 2 aromatic rings. The normalized spacial score (nSPS) is 12.6. The van der Waals surface area contributed by atoms with Crippen LogP contribution in [-0.4, -0.2) is 23.4 Å². The van der Waals surface area contributed by atoms with Gasteiger partial charge in [0, 0.05) is 6.42 Å². The third-order valence-corrected chi connectivity index (χ3v) is 2.76. The Morgan fingerprint density at radius 2 is 1.94 bits per heavy atom. The molecule has 2 N–H and O–H groups in total.